The lowest BCUT2D eigenvalue weighted by atomic mass is 10.1. The number of nitrogens with zero attached hydrogens (tertiary/aromatic N) is 1. The molecule has 3 aromatic rings. The van der Waals surface area contributed by atoms with Crippen LogP contribution < -0.4 is 5.32 Å². The largest absolute Gasteiger partial charge is 0.361 e. The van der Waals surface area contributed by atoms with E-state index in [4.69, 9.17) is 0 Å². The molecule has 26 heavy (non-hydrogen) atoms. The number of fused-ring (bicyclic) bond motifs is 1. The van der Waals surface area contributed by atoms with Crippen LogP contribution in [0.3, 0.4) is 0 Å². The van der Waals surface area contributed by atoms with Crippen LogP contribution in [-0.4, -0.2) is 34.9 Å². The number of H-pyrrole nitrogens is 1. The van der Waals surface area contributed by atoms with E-state index in [1.165, 1.54) is 12.0 Å². The highest BCUT2D eigenvalue weighted by Crippen LogP contribution is 2.17. The van der Waals surface area contributed by atoms with E-state index in [-0.39, 0.29) is 11.9 Å². The van der Waals surface area contributed by atoms with Crippen molar-refractivity contribution in [3.8, 4) is 0 Å². The normalized spacial score (nSPS) is 18.5. The lowest BCUT2D eigenvalue weighted by Gasteiger charge is -2.25. The molecule has 1 aromatic heterocycles. The number of carbonyl (C=O) groups excluding carboxylic acids is 1. The van der Waals surface area contributed by atoms with Crippen LogP contribution in [-0.2, 0) is 6.54 Å². The first-order valence-corrected chi connectivity index (χ1v) is 9.42. The molecular weight excluding hydrogens is 322 g/mol. The summed E-state index contributed by atoms with van der Waals surface area (Å²) in [6, 6.07) is 18.6. The zero-order valence-corrected chi connectivity index (χ0v) is 14.9. The number of carbonyl (C=O) groups is 1. The molecule has 0 radical (unpaired) electrons. The molecule has 134 valence electrons. The fraction of sp³-hybridized carbons (Fsp3) is 0.318. The van der Waals surface area contributed by atoms with Gasteiger partial charge in [-0.05, 0) is 49.2 Å². The van der Waals surface area contributed by atoms with Crippen LogP contribution >= 0.6 is 0 Å². The second-order valence-electron chi connectivity index (χ2n) is 7.17. The molecular formula is C22H25N3O. The van der Waals surface area contributed by atoms with Gasteiger partial charge in [0.2, 0.25) is 0 Å². The minimum absolute atomic E-state index is 0.0275. The molecule has 4 rings (SSSR count). The molecule has 1 aliphatic heterocycles. The molecule has 0 aliphatic carbocycles. The Morgan fingerprint density at radius 1 is 1.12 bits per heavy atom. The summed E-state index contributed by atoms with van der Waals surface area (Å²) < 4.78 is 0. The van der Waals surface area contributed by atoms with Gasteiger partial charge >= 0.3 is 0 Å². The van der Waals surface area contributed by atoms with Crippen molar-refractivity contribution in [2.45, 2.75) is 31.8 Å². The summed E-state index contributed by atoms with van der Waals surface area (Å²) in [4.78, 5) is 18.3. The van der Waals surface area contributed by atoms with Crippen molar-refractivity contribution < 1.29 is 4.79 Å². The molecule has 1 aliphatic rings. The maximum atomic E-state index is 12.7. The van der Waals surface area contributed by atoms with Gasteiger partial charge in [-0.15, -0.1) is 0 Å². The van der Waals surface area contributed by atoms with Crippen molar-refractivity contribution in [1.29, 1.82) is 0 Å². The Bertz CT molecular complexity index is 871. The molecule has 2 heterocycles. The summed E-state index contributed by atoms with van der Waals surface area (Å²) in [5.41, 5.74) is 3.12. The number of likely N-dealkylation sites (tertiary alicyclic amines) is 1. The number of rotatable bonds is 4. The first kappa shape index (κ1) is 16.9. The summed E-state index contributed by atoms with van der Waals surface area (Å²) in [6.07, 6.45) is 5.30. The maximum absolute atomic E-state index is 12.7. The van der Waals surface area contributed by atoms with Crippen LogP contribution in [0.5, 0.6) is 0 Å². The Hall–Kier alpha value is -2.59. The lowest BCUT2D eigenvalue weighted by Crippen LogP contribution is -2.42. The SMILES string of the molecule is O=C(NC1CCCCN(Cc2ccccc2)C1)c1ccc2[nH]ccc2c1. The van der Waals surface area contributed by atoms with E-state index in [2.05, 4.69) is 45.5 Å². The van der Waals surface area contributed by atoms with Crippen LogP contribution in [0.2, 0.25) is 0 Å². The van der Waals surface area contributed by atoms with Gasteiger partial charge < -0.3 is 10.3 Å². The quantitative estimate of drug-likeness (QED) is 0.751. The van der Waals surface area contributed by atoms with Crippen molar-refractivity contribution in [3.63, 3.8) is 0 Å². The fourth-order valence-electron chi connectivity index (χ4n) is 3.79. The molecule has 0 saturated carbocycles. The topological polar surface area (TPSA) is 48.1 Å². The van der Waals surface area contributed by atoms with Crippen molar-refractivity contribution in [2.24, 2.45) is 0 Å². The zero-order valence-electron chi connectivity index (χ0n) is 14.9. The fourth-order valence-corrected chi connectivity index (χ4v) is 3.79. The summed E-state index contributed by atoms with van der Waals surface area (Å²) in [5.74, 6) is 0.0275. The summed E-state index contributed by atoms with van der Waals surface area (Å²) in [6.45, 7) is 2.95. The monoisotopic (exact) mass is 347 g/mol. The average molecular weight is 347 g/mol. The average Bonchev–Trinajstić information content (AvgIpc) is 3.03. The standard InChI is InChI=1S/C22H25N3O/c26-22(19-9-10-21-18(14-19)11-12-23-21)24-20-8-4-5-13-25(16-20)15-17-6-2-1-3-7-17/h1-3,6-7,9-12,14,20,23H,4-5,8,13,15-16H2,(H,24,26). The molecule has 1 unspecified atom stereocenters. The van der Waals surface area contributed by atoms with Gasteiger partial charge in [-0.1, -0.05) is 36.8 Å². The third-order valence-corrected chi connectivity index (χ3v) is 5.16. The smallest absolute Gasteiger partial charge is 0.251 e. The van der Waals surface area contributed by atoms with E-state index in [1.807, 2.05) is 30.5 Å². The van der Waals surface area contributed by atoms with Gasteiger partial charge in [0.1, 0.15) is 0 Å². The number of hydrogen-bond donors (Lipinski definition) is 2. The van der Waals surface area contributed by atoms with Crippen LogP contribution in [0.1, 0.15) is 35.2 Å². The van der Waals surface area contributed by atoms with Gasteiger partial charge in [0.25, 0.3) is 5.91 Å². The third kappa shape index (κ3) is 3.97. The van der Waals surface area contributed by atoms with E-state index < -0.39 is 0 Å². The van der Waals surface area contributed by atoms with Gasteiger partial charge in [0.15, 0.2) is 0 Å². The van der Waals surface area contributed by atoms with Crippen molar-refractivity contribution in [2.75, 3.05) is 13.1 Å². The van der Waals surface area contributed by atoms with E-state index in [0.29, 0.717) is 0 Å². The van der Waals surface area contributed by atoms with Gasteiger partial charge in [0.05, 0.1) is 0 Å². The Morgan fingerprint density at radius 3 is 2.88 bits per heavy atom. The Balaban J connectivity index is 1.41. The van der Waals surface area contributed by atoms with Gasteiger partial charge in [-0.3, -0.25) is 9.69 Å². The number of aromatic amines is 1. The van der Waals surface area contributed by atoms with Crippen LogP contribution in [0.25, 0.3) is 10.9 Å². The molecule has 1 fully saturated rings. The predicted octanol–water partition coefficient (Wildman–Crippen LogP) is 3.95. The summed E-state index contributed by atoms with van der Waals surface area (Å²) in [5, 5.41) is 4.33. The first-order chi connectivity index (χ1) is 12.8. The van der Waals surface area contributed by atoms with Crippen molar-refractivity contribution in [3.05, 3.63) is 71.9 Å². The Morgan fingerprint density at radius 2 is 2.00 bits per heavy atom. The Kier molecular flexibility index (Phi) is 5.02. The molecule has 1 amide bonds. The summed E-state index contributed by atoms with van der Waals surface area (Å²) >= 11 is 0. The second-order valence-corrected chi connectivity index (χ2v) is 7.17. The predicted molar refractivity (Wildman–Crippen MR) is 105 cm³/mol. The second kappa shape index (κ2) is 7.75. The first-order valence-electron chi connectivity index (χ1n) is 9.42. The highest BCUT2D eigenvalue weighted by atomic mass is 16.1. The molecule has 4 heteroatoms. The molecule has 2 aromatic carbocycles. The van der Waals surface area contributed by atoms with E-state index >= 15 is 0 Å². The third-order valence-electron chi connectivity index (χ3n) is 5.16. The van der Waals surface area contributed by atoms with Gasteiger partial charge in [-0.25, -0.2) is 0 Å². The highest BCUT2D eigenvalue weighted by molar-refractivity contribution is 5.98. The molecule has 0 bridgehead atoms. The zero-order chi connectivity index (χ0) is 17.8. The van der Waals surface area contributed by atoms with E-state index in [9.17, 15) is 4.79 Å². The van der Waals surface area contributed by atoms with Gasteiger partial charge in [0, 0.05) is 41.8 Å². The van der Waals surface area contributed by atoms with Crippen LogP contribution in [0.4, 0.5) is 0 Å². The lowest BCUT2D eigenvalue weighted by molar-refractivity contribution is 0.0925. The maximum Gasteiger partial charge on any atom is 0.251 e. The minimum Gasteiger partial charge on any atom is -0.361 e. The Labute approximate surface area is 154 Å². The number of aromatic nitrogens is 1. The van der Waals surface area contributed by atoms with E-state index in [0.717, 1.165) is 48.9 Å². The highest BCUT2D eigenvalue weighted by Gasteiger charge is 2.20. The number of nitrogens with one attached hydrogen (secondary N) is 2. The van der Waals surface area contributed by atoms with Crippen molar-refractivity contribution >= 4 is 16.8 Å². The van der Waals surface area contributed by atoms with Crippen LogP contribution in [0, 0.1) is 0 Å². The molecule has 4 nitrogen and oxygen atoms in total. The minimum atomic E-state index is 0.0275. The number of hydrogen-bond acceptors (Lipinski definition) is 2. The number of amides is 1. The van der Waals surface area contributed by atoms with E-state index in [1.54, 1.807) is 0 Å². The molecule has 0 spiro atoms. The van der Waals surface area contributed by atoms with Crippen molar-refractivity contribution in [1.82, 2.24) is 15.2 Å². The summed E-state index contributed by atoms with van der Waals surface area (Å²) in [7, 11) is 0. The molecule has 2 N–H and O–H groups in total. The molecule has 1 atom stereocenters. The molecule has 1 saturated heterocycles. The van der Waals surface area contributed by atoms with Gasteiger partial charge in [-0.2, -0.15) is 0 Å². The number of benzene rings is 2. The van der Waals surface area contributed by atoms with Crippen LogP contribution in [0.15, 0.2) is 60.8 Å².